The zero-order chi connectivity index (χ0) is 11.0. The first kappa shape index (κ1) is 10.8. The van der Waals surface area contributed by atoms with Crippen molar-refractivity contribution in [3.63, 3.8) is 0 Å². The molecule has 1 heterocycles. The van der Waals surface area contributed by atoms with E-state index in [1.807, 2.05) is 0 Å². The Morgan fingerprint density at radius 3 is 2.62 bits per heavy atom. The fourth-order valence-corrected chi connectivity index (χ4v) is 3.34. The smallest absolute Gasteiger partial charge is 0.106 e. The van der Waals surface area contributed by atoms with Crippen molar-refractivity contribution in [2.45, 2.75) is 56.7 Å². The molecule has 1 spiro atoms. The van der Waals surface area contributed by atoms with Crippen LogP contribution in [0.15, 0.2) is 11.6 Å². The molecule has 0 radical (unpaired) electrons. The van der Waals surface area contributed by atoms with Crippen LogP contribution in [0, 0.1) is 5.92 Å². The van der Waals surface area contributed by atoms with Crippen molar-refractivity contribution in [2.24, 2.45) is 5.92 Å². The highest BCUT2D eigenvalue weighted by atomic mass is 17.2. The molecule has 1 unspecified atom stereocenters. The maximum Gasteiger partial charge on any atom is 0.106 e. The summed E-state index contributed by atoms with van der Waals surface area (Å²) in [7, 11) is 0. The molecule has 3 rings (SSSR count). The van der Waals surface area contributed by atoms with E-state index in [9.17, 15) is 5.11 Å². The van der Waals surface area contributed by atoms with E-state index in [0.29, 0.717) is 5.92 Å². The van der Waals surface area contributed by atoms with Crippen molar-refractivity contribution in [1.29, 1.82) is 0 Å². The van der Waals surface area contributed by atoms with Crippen molar-refractivity contribution in [2.75, 3.05) is 6.61 Å². The molecule has 1 N–H and O–H groups in total. The highest BCUT2D eigenvalue weighted by molar-refractivity contribution is 5.15. The van der Waals surface area contributed by atoms with E-state index < -0.39 is 0 Å². The van der Waals surface area contributed by atoms with E-state index >= 15 is 0 Å². The Morgan fingerprint density at radius 1 is 1.25 bits per heavy atom. The Bertz CT molecular complexity index is 282. The number of hydrogen-bond acceptors (Lipinski definition) is 3. The molecule has 0 aromatic heterocycles. The molecule has 0 aromatic rings. The summed E-state index contributed by atoms with van der Waals surface area (Å²) in [4.78, 5) is 10.5. The summed E-state index contributed by atoms with van der Waals surface area (Å²) >= 11 is 0. The molecule has 0 amide bonds. The Kier molecular flexibility index (Phi) is 2.78. The van der Waals surface area contributed by atoms with E-state index in [-0.39, 0.29) is 11.7 Å². The maximum absolute atomic E-state index is 9.54. The second kappa shape index (κ2) is 4.13. The monoisotopic (exact) mass is 224 g/mol. The first-order valence-corrected chi connectivity index (χ1v) is 6.45. The Labute approximate surface area is 96.4 Å². The second-order valence-corrected chi connectivity index (χ2v) is 5.49. The third-order valence-corrected chi connectivity index (χ3v) is 4.42. The van der Waals surface area contributed by atoms with E-state index in [1.54, 1.807) is 0 Å². The van der Waals surface area contributed by atoms with E-state index in [0.717, 1.165) is 38.7 Å². The van der Waals surface area contributed by atoms with Gasteiger partial charge >= 0.3 is 0 Å². The highest BCUT2D eigenvalue weighted by Gasteiger charge is 2.41. The van der Waals surface area contributed by atoms with Crippen LogP contribution in [-0.2, 0) is 9.78 Å². The molecule has 1 saturated heterocycles. The molecule has 16 heavy (non-hydrogen) atoms. The molecule has 3 nitrogen and oxygen atoms in total. The van der Waals surface area contributed by atoms with Crippen LogP contribution >= 0.6 is 0 Å². The van der Waals surface area contributed by atoms with Gasteiger partial charge < -0.3 is 5.11 Å². The minimum Gasteiger partial charge on any atom is -0.392 e. The van der Waals surface area contributed by atoms with Gasteiger partial charge in [0.05, 0.1) is 12.7 Å². The van der Waals surface area contributed by atoms with Crippen LogP contribution in [0.5, 0.6) is 0 Å². The van der Waals surface area contributed by atoms with E-state index in [4.69, 9.17) is 9.78 Å². The fraction of sp³-hybridized carbons (Fsp3) is 0.846. The predicted octanol–water partition coefficient (Wildman–Crippen LogP) is 2.35. The average Bonchev–Trinajstić information content (AvgIpc) is 2.90. The molecule has 1 saturated carbocycles. The zero-order valence-corrected chi connectivity index (χ0v) is 9.65. The number of hydrogen-bond donors (Lipinski definition) is 1. The van der Waals surface area contributed by atoms with Crippen LogP contribution in [0.2, 0.25) is 0 Å². The summed E-state index contributed by atoms with van der Waals surface area (Å²) in [6, 6.07) is 0. The number of rotatable bonds is 1. The normalized spacial score (nSPS) is 43.9. The quantitative estimate of drug-likeness (QED) is 0.549. The van der Waals surface area contributed by atoms with Crippen molar-refractivity contribution in [3.05, 3.63) is 11.6 Å². The summed E-state index contributed by atoms with van der Waals surface area (Å²) in [6.45, 7) is 0.756. The fourth-order valence-electron chi connectivity index (χ4n) is 3.34. The molecule has 2 fully saturated rings. The van der Waals surface area contributed by atoms with E-state index in [2.05, 4.69) is 6.08 Å². The van der Waals surface area contributed by atoms with Gasteiger partial charge in [0.15, 0.2) is 0 Å². The van der Waals surface area contributed by atoms with Crippen LogP contribution < -0.4 is 0 Å². The molecule has 3 aliphatic rings. The van der Waals surface area contributed by atoms with Gasteiger partial charge in [-0.2, -0.15) is 0 Å². The lowest BCUT2D eigenvalue weighted by molar-refractivity contribution is -0.315. The lowest BCUT2D eigenvalue weighted by atomic mass is 9.74. The summed E-state index contributed by atoms with van der Waals surface area (Å²) in [6.07, 6.45) is 9.57. The Hall–Kier alpha value is -0.380. The van der Waals surface area contributed by atoms with Crippen LogP contribution in [0.3, 0.4) is 0 Å². The van der Waals surface area contributed by atoms with Crippen LogP contribution in [-0.4, -0.2) is 23.4 Å². The third kappa shape index (κ3) is 1.92. The van der Waals surface area contributed by atoms with Crippen molar-refractivity contribution in [3.8, 4) is 0 Å². The second-order valence-electron chi connectivity index (χ2n) is 5.49. The molecule has 3 heteroatoms. The van der Waals surface area contributed by atoms with Crippen molar-refractivity contribution >= 4 is 0 Å². The topological polar surface area (TPSA) is 38.7 Å². The minimum absolute atomic E-state index is 0.0360. The molecule has 90 valence electrons. The van der Waals surface area contributed by atoms with Gasteiger partial charge in [0.2, 0.25) is 0 Å². The molecule has 2 aliphatic carbocycles. The molecular formula is C13H20O3. The molecule has 0 aromatic carbocycles. The lowest BCUT2D eigenvalue weighted by Crippen LogP contribution is -2.33. The van der Waals surface area contributed by atoms with Gasteiger partial charge in [-0.15, -0.1) is 0 Å². The molecule has 0 bridgehead atoms. The van der Waals surface area contributed by atoms with Gasteiger partial charge in [0.1, 0.15) is 5.60 Å². The predicted molar refractivity (Wildman–Crippen MR) is 59.7 cm³/mol. The Balaban J connectivity index is 1.58. The summed E-state index contributed by atoms with van der Waals surface area (Å²) in [5, 5.41) is 9.54. The van der Waals surface area contributed by atoms with Gasteiger partial charge in [0, 0.05) is 6.42 Å². The number of aliphatic hydroxyl groups is 1. The van der Waals surface area contributed by atoms with E-state index in [1.165, 1.54) is 18.4 Å². The third-order valence-electron chi connectivity index (χ3n) is 4.42. The standard InChI is InChI=1S/C13H20O3/c14-12-2-1-11(9-12)10-3-5-13(6-4-10)7-8-15-16-13/h1,10,12,14H,2-9H2. The molecule has 1 atom stereocenters. The summed E-state index contributed by atoms with van der Waals surface area (Å²) < 4.78 is 0. The zero-order valence-electron chi connectivity index (χ0n) is 9.65. The van der Waals surface area contributed by atoms with Gasteiger partial charge in [-0.1, -0.05) is 11.6 Å². The average molecular weight is 224 g/mol. The number of aliphatic hydroxyl groups excluding tert-OH is 1. The van der Waals surface area contributed by atoms with Crippen LogP contribution in [0.4, 0.5) is 0 Å². The first-order chi connectivity index (χ1) is 7.77. The SMILES string of the molecule is OC1CC=C(C2CCC3(CCOO3)CC2)C1. The van der Waals surface area contributed by atoms with Gasteiger partial charge in [-0.05, 0) is 44.4 Å². The van der Waals surface area contributed by atoms with Gasteiger partial charge in [-0.25, -0.2) is 9.78 Å². The first-order valence-electron chi connectivity index (χ1n) is 6.45. The summed E-state index contributed by atoms with van der Waals surface area (Å²) in [5.74, 6) is 0.687. The van der Waals surface area contributed by atoms with Gasteiger partial charge in [-0.3, -0.25) is 0 Å². The minimum atomic E-state index is -0.114. The van der Waals surface area contributed by atoms with Crippen molar-refractivity contribution in [1.82, 2.24) is 0 Å². The largest absolute Gasteiger partial charge is 0.392 e. The highest BCUT2D eigenvalue weighted by Crippen LogP contribution is 2.44. The van der Waals surface area contributed by atoms with Gasteiger partial charge in [0.25, 0.3) is 0 Å². The van der Waals surface area contributed by atoms with Crippen LogP contribution in [0.25, 0.3) is 0 Å². The maximum atomic E-state index is 9.54. The molecular weight excluding hydrogens is 204 g/mol. The lowest BCUT2D eigenvalue weighted by Gasteiger charge is -2.35. The van der Waals surface area contributed by atoms with Crippen LogP contribution in [0.1, 0.15) is 44.9 Å². The summed E-state index contributed by atoms with van der Waals surface area (Å²) in [5.41, 5.74) is 1.52. The van der Waals surface area contributed by atoms with Crippen molar-refractivity contribution < 1.29 is 14.9 Å². The molecule has 1 aliphatic heterocycles. The Morgan fingerprint density at radius 2 is 2.06 bits per heavy atom.